The summed E-state index contributed by atoms with van der Waals surface area (Å²) in [6.07, 6.45) is 4.95. The largest absolute Gasteiger partial charge is 0.481 e. The Morgan fingerprint density at radius 1 is 1.47 bits per heavy atom. The molecule has 0 spiro atoms. The minimum absolute atomic E-state index is 0.504. The maximum absolute atomic E-state index is 11.4. The number of nitrogens with zero attached hydrogens (tertiary/aromatic N) is 2. The van der Waals surface area contributed by atoms with Crippen LogP contribution in [0.1, 0.15) is 23.5 Å². The molecule has 1 aromatic carbocycles. The highest BCUT2D eigenvalue weighted by atomic mass is 79.9. The Kier molecular flexibility index (Phi) is 4.37. The number of aliphatic carboxylic acids is 1. The van der Waals surface area contributed by atoms with E-state index in [1.807, 2.05) is 37.5 Å². The maximum Gasteiger partial charge on any atom is 0.311 e. The van der Waals surface area contributed by atoms with Crippen molar-refractivity contribution in [1.82, 2.24) is 9.78 Å². The molecule has 0 fully saturated rings. The number of benzene rings is 1. The van der Waals surface area contributed by atoms with E-state index in [2.05, 4.69) is 21.0 Å². The Hall–Kier alpha value is -1.62. The number of rotatable bonds is 5. The van der Waals surface area contributed by atoms with Crippen LogP contribution < -0.4 is 0 Å². The van der Waals surface area contributed by atoms with E-state index in [9.17, 15) is 9.90 Å². The zero-order valence-corrected chi connectivity index (χ0v) is 12.2. The van der Waals surface area contributed by atoms with Gasteiger partial charge in [0.2, 0.25) is 0 Å². The van der Waals surface area contributed by atoms with Gasteiger partial charge in [0.1, 0.15) is 0 Å². The molecule has 0 radical (unpaired) electrons. The fourth-order valence-electron chi connectivity index (χ4n) is 2.08. The minimum atomic E-state index is -0.796. The number of carboxylic acids is 1. The van der Waals surface area contributed by atoms with Crippen molar-refractivity contribution in [2.45, 2.75) is 18.8 Å². The van der Waals surface area contributed by atoms with Crippen LogP contribution >= 0.6 is 15.9 Å². The second-order valence-electron chi connectivity index (χ2n) is 4.47. The molecule has 5 heteroatoms. The van der Waals surface area contributed by atoms with E-state index < -0.39 is 11.9 Å². The molecule has 1 unspecified atom stereocenters. The molecule has 4 nitrogen and oxygen atoms in total. The van der Waals surface area contributed by atoms with E-state index in [-0.39, 0.29) is 0 Å². The minimum Gasteiger partial charge on any atom is -0.481 e. The summed E-state index contributed by atoms with van der Waals surface area (Å²) >= 11 is 3.42. The van der Waals surface area contributed by atoms with Gasteiger partial charge in [0.15, 0.2) is 0 Å². The Balaban J connectivity index is 2.13. The summed E-state index contributed by atoms with van der Waals surface area (Å²) in [6.45, 7) is 0. The first-order chi connectivity index (χ1) is 9.08. The lowest BCUT2D eigenvalue weighted by molar-refractivity contribution is -0.139. The first kappa shape index (κ1) is 13.8. The third-order valence-corrected chi connectivity index (χ3v) is 3.78. The van der Waals surface area contributed by atoms with Gasteiger partial charge in [-0.1, -0.05) is 34.1 Å². The molecule has 0 saturated carbocycles. The number of hydrogen-bond donors (Lipinski definition) is 1. The third kappa shape index (κ3) is 3.44. The van der Waals surface area contributed by atoms with Crippen molar-refractivity contribution in [1.29, 1.82) is 0 Å². The molecule has 0 amide bonds. The Morgan fingerprint density at radius 2 is 2.21 bits per heavy atom. The van der Waals surface area contributed by atoms with E-state index in [1.165, 1.54) is 0 Å². The van der Waals surface area contributed by atoms with Crippen molar-refractivity contribution < 1.29 is 9.90 Å². The van der Waals surface area contributed by atoms with Gasteiger partial charge in [-0.2, -0.15) is 5.10 Å². The van der Waals surface area contributed by atoms with Crippen molar-refractivity contribution in [2.75, 3.05) is 0 Å². The van der Waals surface area contributed by atoms with Gasteiger partial charge < -0.3 is 5.11 Å². The fourth-order valence-corrected chi connectivity index (χ4v) is 2.64. The summed E-state index contributed by atoms with van der Waals surface area (Å²) in [5.41, 5.74) is 1.87. The van der Waals surface area contributed by atoms with Gasteiger partial charge in [-0.05, 0) is 30.0 Å². The summed E-state index contributed by atoms with van der Waals surface area (Å²) in [6, 6.07) is 7.47. The van der Waals surface area contributed by atoms with Crippen LogP contribution in [0.4, 0.5) is 0 Å². The zero-order chi connectivity index (χ0) is 13.8. The highest BCUT2D eigenvalue weighted by Gasteiger charge is 2.21. The molecule has 2 rings (SSSR count). The Labute approximate surface area is 120 Å². The average Bonchev–Trinajstić information content (AvgIpc) is 2.77. The van der Waals surface area contributed by atoms with Gasteiger partial charge in [-0.25, -0.2) is 0 Å². The summed E-state index contributed by atoms with van der Waals surface area (Å²) in [5, 5.41) is 13.5. The lowest BCUT2D eigenvalue weighted by Crippen LogP contribution is -2.13. The lowest BCUT2D eigenvalue weighted by Gasteiger charge is -2.13. The molecule has 0 bridgehead atoms. The van der Waals surface area contributed by atoms with Gasteiger partial charge in [-0.15, -0.1) is 0 Å². The molecule has 100 valence electrons. The number of hydrogen-bond acceptors (Lipinski definition) is 2. The fraction of sp³-hybridized carbons (Fsp3) is 0.286. The Morgan fingerprint density at radius 3 is 2.79 bits per heavy atom. The van der Waals surface area contributed by atoms with E-state index in [0.29, 0.717) is 12.8 Å². The predicted octanol–water partition coefficient (Wildman–Crippen LogP) is 2.98. The number of aromatic nitrogens is 2. The summed E-state index contributed by atoms with van der Waals surface area (Å²) < 4.78 is 2.57. The van der Waals surface area contributed by atoms with Crippen LogP contribution in [0, 0.1) is 0 Å². The molecule has 0 aliphatic rings. The van der Waals surface area contributed by atoms with Crippen molar-refractivity contribution in [2.24, 2.45) is 7.05 Å². The van der Waals surface area contributed by atoms with Crippen LogP contribution in [-0.2, 0) is 18.3 Å². The van der Waals surface area contributed by atoms with Crippen molar-refractivity contribution >= 4 is 21.9 Å². The molecule has 1 aromatic heterocycles. The van der Waals surface area contributed by atoms with Gasteiger partial charge in [-0.3, -0.25) is 9.48 Å². The number of carbonyl (C=O) groups is 1. The highest BCUT2D eigenvalue weighted by Crippen LogP contribution is 2.28. The summed E-state index contributed by atoms with van der Waals surface area (Å²) in [7, 11) is 1.85. The monoisotopic (exact) mass is 322 g/mol. The van der Waals surface area contributed by atoms with E-state index >= 15 is 0 Å². The first-order valence-corrected chi connectivity index (χ1v) is 6.82. The smallest absolute Gasteiger partial charge is 0.311 e. The second-order valence-corrected chi connectivity index (χ2v) is 5.33. The topological polar surface area (TPSA) is 55.1 Å². The quantitative estimate of drug-likeness (QED) is 0.920. The Bertz CT molecular complexity index is 580. The predicted molar refractivity (Wildman–Crippen MR) is 76.0 cm³/mol. The van der Waals surface area contributed by atoms with Crippen LogP contribution in [0.2, 0.25) is 0 Å². The van der Waals surface area contributed by atoms with Crippen molar-refractivity contribution in [3.05, 3.63) is 52.3 Å². The molecule has 0 saturated heterocycles. The molecule has 19 heavy (non-hydrogen) atoms. The maximum atomic E-state index is 11.4. The van der Waals surface area contributed by atoms with Crippen molar-refractivity contribution in [3.8, 4) is 0 Å². The molecule has 1 N–H and O–H groups in total. The van der Waals surface area contributed by atoms with Crippen LogP contribution in [0.15, 0.2) is 41.1 Å². The molecule has 1 heterocycles. The highest BCUT2D eigenvalue weighted by molar-refractivity contribution is 9.10. The number of halogens is 1. The summed E-state index contributed by atoms with van der Waals surface area (Å²) in [5.74, 6) is -1.30. The van der Waals surface area contributed by atoms with E-state index in [4.69, 9.17) is 0 Å². The average molecular weight is 323 g/mol. The molecular weight excluding hydrogens is 308 g/mol. The van der Waals surface area contributed by atoms with Gasteiger partial charge >= 0.3 is 5.97 Å². The number of carboxylic acid groups (broad SMARTS) is 1. The lowest BCUT2D eigenvalue weighted by atomic mass is 9.93. The summed E-state index contributed by atoms with van der Waals surface area (Å²) in [4.78, 5) is 11.4. The van der Waals surface area contributed by atoms with Crippen LogP contribution in [-0.4, -0.2) is 20.9 Å². The molecule has 2 aromatic rings. The second kappa shape index (κ2) is 6.02. The van der Waals surface area contributed by atoms with Crippen molar-refractivity contribution in [3.63, 3.8) is 0 Å². The van der Waals surface area contributed by atoms with Crippen LogP contribution in [0.5, 0.6) is 0 Å². The van der Waals surface area contributed by atoms with Crippen LogP contribution in [0.3, 0.4) is 0 Å². The molecule has 0 aliphatic carbocycles. The molecule has 0 aliphatic heterocycles. The zero-order valence-electron chi connectivity index (χ0n) is 10.6. The molecular formula is C14H15BrN2O2. The first-order valence-electron chi connectivity index (χ1n) is 6.02. The van der Waals surface area contributed by atoms with Gasteiger partial charge in [0.25, 0.3) is 0 Å². The SMILES string of the molecule is Cn1cc(CCC(C(=O)O)c2ccccc2Br)cn1. The van der Waals surface area contributed by atoms with Gasteiger partial charge in [0, 0.05) is 17.7 Å². The van der Waals surface area contributed by atoms with E-state index in [1.54, 1.807) is 10.9 Å². The molecule has 1 atom stereocenters. The third-order valence-electron chi connectivity index (χ3n) is 3.06. The normalized spacial score (nSPS) is 12.3. The standard InChI is InChI=1S/C14H15BrN2O2/c1-17-9-10(8-16-17)6-7-12(14(18)19)11-4-2-3-5-13(11)15/h2-5,8-9,12H,6-7H2,1H3,(H,18,19). The number of aryl methyl sites for hydroxylation is 2. The van der Waals surface area contributed by atoms with Crippen LogP contribution in [0.25, 0.3) is 0 Å². The van der Waals surface area contributed by atoms with Gasteiger partial charge in [0.05, 0.1) is 12.1 Å². The van der Waals surface area contributed by atoms with E-state index in [0.717, 1.165) is 15.6 Å².